The summed E-state index contributed by atoms with van der Waals surface area (Å²) < 4.78 is 15.9. The van der Waals surface area contributed by atoms with Gasteiger partial charge in [0.25, 0.3) is 0 Å². The van der Waals surface area contributed by atoms with Crippen LogP contribution in [0.3, 0.4) is 0 Å². The number of carbonyl (C=O) groups excluding carboxylic acids is 2. The van der Waals surface area contributed by atoms with Gasteiger partial charge in [0.1, 0.15) is 5.60 Å². The van der Waals surface area contributed by atoms with Gasteiger partial charge in [-0.3, -0.25) is 4.79 Å². The number of hydrogen-bond donors (Lipinski definition) is 0. The van der Waals surface area contributed by atoms with Crippen molar-refractivity contribution in [2.75, 3.05) is 26.3 Å². The Morgan fingerprint density at radius 3 is 2.36 bits per heavy atom. The SMILES string of the molecule is CCOC(=O)CCN(CCOCc1ccccc1)C(=O)OC(C)(C)C. The maximum absolute atomic E-state index is 12.3. The van der Waals surface area contributed by atoms with Crippen LogP contribution in [0.15, 0.2) is 30.3 Å². The second-order valence-electron chi connectivity index (χ2n) is 6.56. The standard InChI is InChI=1S/C19H29NO5/c1-5-24-17(21)11-12-20(18(22)25-19(2,3)4)13-14-23-15-16-9-7-6-8-10-16/h6-10H,5,11-15H2,1-4H3. The summed E-state index contributed by atoms with van der Waals surface area (Å²) in [5, 5.41) is 0. The predicted molar refractivity (Wildman–Crippen MR) is 95.2 cm³/mol. The Hall–Kier alpha value is -2.08. The number of ether oxygens (including phenoxy) is 3. The van der Waals surface area contributed by atoms with Crippen molar-refractivity contribution in [2.24, 2.45) is 0 Å². The maximum atomic E-state index is 12.3. The van der Waals surface area contributed by atoms with E-state index in [2.05, 4.69) is 0 Å². The quantitative estimate of drug-likeness (QED) is 0.504. The Kier molecular flexibility index (Phi) is 8.99. The van der Waals surface area contributed by atoms with Crippen LogP contribution in [0.4, 0.5) is 4.79 Å². The Balaban J connectivity index is 2.48. The first kappa shape index (κ1) is 21.0. The van der Waals surface area contributed by atoms with Crippen molar-refractivity contribution in [3.63, 3.8) is 0 Å². The molecule has 25 heavy (non-hydrogen) atoms. The fourth-order valence-electron chi connectivity index (χ4n) is 2.02. The zero-order valence-corrected chi connectivity index (χ0v) is 15.6. The molecule has 0 aliphatic carbocycles. The molecule has 0 spiro atoms. The van der Waals surface area contributed by atoms with Gasteiger partial charge in [-0.25, -0.2) is 4.79 Å². The first-order valence-electron chi connectivity index (χ1n) is 8.57. The molecule has 0 saturated heterocycles. The van der Waals surface area contributed by atoms with Crippen LogP contribution < -0.4 is 0 Å². The lowest BCUT2D eigenvalue weighted by Gasteiger charge is -2.27. The topological polar surface area (TPSA) is 65.1 Å². The van der Waals surface area contributed by atoms with Gasteiger partial charge < -0.3 is 19.1 Å². The molecule has 1 aromatic rings. The number of benzene rings is 1. The molecule has 0 aromatic heterocycles. The summed E-state index contributed by atoms with van der Waals surface area (Å²) in [4.78, 5) is 25.3. The van der Waals surface area contributed by atoms with E-state index in [0.29, 0.717) is 26.4 Å². The van der Waals surface area contributed by atoms with Gasteiger partial charge >= 0.3 is 12.1 Å². The monoisotopic (exact) mass is 351 g/mol. The zero-order chi connectivity index (χ0) is 18.7. The average molecular weight is 351 g/mol. The molecule has 0 fully saturated rings. The third-order valence-electron chi connectivity index (χ3n) is 3.16. The van der Waals surface area contributed by atoms with E-state index in [1.807, 2.05) is 30.3 Å². The highest BCUT2D eigenvalue weighted by Gasteiger charge is 2.22. The molecular formula is C19H29NO5. The molecule has 1 aromatic carbocycles. The number of carbonyl (C=O) groups is 2. The van der Waals surface area contributed by atoms with Crippen molar-refractivity contribution in [3.8, 4) is 0 Å². The molecular weight excluding hydrogens is 322 g/mol. The van der Waals surface area contributed by atoms with Gasteiger partial charge in [-0.15, -0.1) is 0 Å². The van der Waals surface area contributed by atoms with Gasteiger partial charge in [0.05, 0.1) is 26.2 Å². The fraction of sp³-hybridized carbons (Fsp3) is 0.579. The average Bonchev–Trinajstić information content (AvgIpc) is 2.53. The van der Waals surface area contributed by atoms with Crippen molar-refractivity contribution in [3.05, 3.63) is 35.9 Å². The summed E-state index contributed by atoms with van der Waals surface area (Å²) in [7, 11) is 0. The normalized spacial score (nSPS) is 11.0. The molecule has 6 heteroatoms. The molecule has 6 nitrogen and oxygen atoms in total. The molecule has 1 amide bonds. The Labute approximate surface area is 150 Å². The highest BCUT2D eigenvalue weighted by Crippen LogP contribution is 2.10. The van der Waals surface area contributed by atoms with E-state index in [1.54, 1.807) is 27.7 Å². The van der Waals surface area contributed by atoms with Gasteiger partial charge in [0.2, 0.25) is 0 Å². The van der Waals surface area contributed by atoms with Crippen LogP contribution in [-0.4, -0.2) is 48.9 Å². The van der Waals surface area contributed by atoms with Gasteiger partial charge in [-0.1, -0.05) is 30.3 Å². The summed E-state index contributed by atoms with van der Waals surface area (Å²) >= 11 is 0. The third kappa shape index (κ3) is 9.72. The van der Waals surface area contributed by atoms with Crippen LogP contribution in [0, 0.1) is 0 Å². The van der Waals surface area contributed by atoms with Crippen molar-refractivity contribution in [1.29, 1.82) is 0 Å². The van der Waals surface area contributed by atoms with Crippen molar-refractivity contribution in [1.82, 2.24) is 4.90 Å². The second-order valence-corrected chi connectivity index (χ2v) is 6.56. The lowest BCUT2D eigenvalue weighted by atomic mass is 10.2. The summed E-state index contributed by atoms with van der Waals surface area (Å²) in [5.74, 6) is -0.332. The predicted octanol–water partition coefficient (Wildman–Crippen LogP) is 3.39. The summed E-state index contributed by atoms with van der Waals surface area (Å²) in [5.41, 5.74) is 0.474. The lowest BCUT2D eigenvalue weighted by molar-refractivity contribution is -0.143. The number of rotatable bonds is 9. The summed E-state index contributed by atoms with van der Waals surface area (Å²) in [6.45, 7) is 8.91. The lowest BCUT2D eigenvalue weighted by Crippen LogP contribution is -2.40. The molecule has 140 valence electrons. The highest BCUT2D eigenvalue weighted by molar-refractivity contribution is 5.72. The molecule has 0 bridgehead atoms. The van der Waals surface area contributed by atoms with E-state index in [-0.39, 0.29) is 18.9 Å². The third-order valence-corrected chi connectivity index (χ3v) is 3.16. The number of esters is 1. The van der Waals surface area contributed by atoms with E-state index >= 15 is 0 Å². The summed E-state index contributed by atoms with van der Waals surface area (Å²) in [6, 6.07) is 9.80. The second kappa shape index (κ2) is 10.7. The molecule has 0 unspecified atom stereocenters. The molecule has 0 aliphatic rings. The Bertz CT molecular complexity index is 524. The minimum atomic E-state index is -0.593. The van der Waals surface area contributed by atoms with Crippen molar-refractivity contribution in [2.45, 2.75) is 46.3 Å². The Morgan fingerprint density at radius 2 is 1.76 bits per heavy atom. The van der Waals surface area contributed by atoms with Crippen molar-refractivity contribution >= 4 is 12.1 Å². The molecule has 0 N–H and O–H groups in total. The summed E-state index contributed by atoms with van der Waals surface area (Å²) in [6.07, 6.45) is -0.328. The van der Waals surface area contributed by atoms with Crippen molar-refractivity contribution < 1.29 is 23.8 Å². The molecule has 0 heterocycles. The van der Waals surface area contributed by atoms with Crippen LogP contribution in [0.1, 0.15) is 39.7 Å². The van der Waals surface area contributed by atoms with Crippen LogP contribution >= 0.6 is 0 Å². The van der Waals surface area contributed by atoms with E-state index in [9.17, 15) is 9.59 Å². The minimum Gasteiger partial charge on any atom is -0.466 e. The largest absolute Gasteiger partial charge is 0.466 e. The highest BCUT2D eigenvalue weighted by atomic mass is 16.6. The van der Waals surface area contributed by atoms with Crippen LogP contribution in [0.5, 0.6) is 0 Å². The minimum absolute atomic E-state index is 0.131. The van der Waals surface area contributed by atoms with Crippen LogP contribution in [-0.2, 0) is 25.6 Å². The van der Waals surface area contributed by atoms with Crippen LogP contribution in [0.25, 0.3) is 0 Å². The molecule has 0 saturated carbocycles. The van der Waals surface area contributed by atoms with E-state index < -0.39 is 11.7 Å². The van der Waals surface area contributed by atoms with Gasteiger partial charge in [0, 0.05) is 13.1 Å². The van der Waals surface area contributed by atoms with Gasteiger partial charge in [-0.05, 0) is 33.3 Å². The number of hydrogen-bond acceptors (Lipinski definition) is 5. The van der Waals surface area contributed by atoms with E-state index in [0.717, 1.165) is 5.56 Å². The molecule has 0 radical (unpaired) electrons. The van der Waals surface area contributed by atoms with Gasteiger partial charge in [0.15, 0.2) is 0 Å². The molecule has 0 atom stereocenters. The Morgan fingerprint density at radius 1 is 1.08 bits per heavy atom. The maximum Gasteiger partial charge on any atom is 0.410 e. The van der Waals surface area contributed by atoms with E-state index in [1.165, 1.54) is 4.90 Å². The molecule has 1 rings (SSSR count). The smallest absolute Gasteiger partial charge is 0.410 e. The first-order valence-corrected chi connectivity index (χ1v) is 8.57. The van der Waals surface area contributed by atoms with E-state index in [4.69, 9.17) is 14.2 Å². The zero-order valence-electron chi connectivity index (χ0n) is 15.6. The number of nitrogens with zero attached hydrogens (tertiary/aromatic N) is 1. The first-order chi connectivity index (χ1) is 11.8. The molecule has 0 aliphatic heterocycles. The number of amides is 1. The van der Waals surface area contributed by atoms with Gasteiger partial charge in [-0.2, -0.15) is 0 Å². The fourth-order valence-corrected chi connectivity index (χ4v) is 2.02. The van der Waals surface area contributed by atoms with Crippen LogP contribution in [0.2, 0.25) is 0 Å².